The first-order valence-electron chi connectivity index (χ1n) is 5.97. The lowest BCUT2D eigenvalue weighted by molar-refractivity contribution is 0.197. The van der Waals surface area contributed by atoms with Crippen molar-refractivity contribution in [1.29, 1.82) is 0 Å². The Kier molecular flexibility index (Phi) is 6.11. The highest BCUT2D eigenvalue weighted by Gasteiger charge is 2.18. The molecule has 1 nitrogen and oxygen atoms in total. The molecule has 1 fully saturated rings. The van der Waals surface area contributed by atoms with Crippen LogP contribution in [0.5, 0.6) is 0 Å². The molecule has 84 valence electrons. The summed E-state index contributed by atoms with van der Waals surface area (Å²) in [5, 5.41) is 1.15. The SMILES string of the molecule is CC(CCBr)CCN(C)CC1CCC1. The molecule has 0 aromatic rings. The fourth-order valence-corrected chi connectivity index (χ4v) is 2.76. The van der Waals surface area contributed by atoms with Crippen molar-refractivity contribution in [3.8, 4) is 0 Å². The van der Waals surface area contributed by atoms with Crippen LogP contribution in [-0.2, 0) is 0 Å². The Hall–Kier alpha value is 0.440. The van der Waals surface area contributed by atoms with Gasteiger partial charge in [0.15, 0.2) is 0 Å². The maximum atomic E-state index is 3.50. The lowest BCUT2D eigenvalue weighted by Gasteiger charge is -2.30. The van der Waals surface area contributed by atoms with Crippen molar-refractivity contribution in [3.05, 3.63) is 0 Å². The maximum absolute atomic E-state index is 3.50. The third-order valence-corrected chi connectivity index (χ3v) is 3.86. The Labute approximate surface area is 97.4 Å². The second-order valence-electron chi connectivity index (χ2n) is 4.93. The smallest absolute Gasteiger partial charge is 0.00338 e. The third kappa shape index (κ3) is 4.79. The number of hydrogen-bond acceptors (Lipinski definition) is 1. The predicted octanol–water partition coefficient (Wildman–Crippen LogP) is 3.53. The molecule has 0 spiro atoms. The van der Waals surface area contributed by atoms with Crippen LogP contribution in [0.1, 0.15) is 39.0 Å². The Morgan fingerprint density at radius 1 is 1.36 bits per heavy atom. The van der Waals surface area contributed by atoms with Crippen molar-refractivity contribution in [3.63, 3.8) is 0 Å². The van der Waals surface area contributed by atoms with E-state index >= 15 is 0 Å². The number of halogens is 1. The molecule has 14 heavy (non-hydrogen) atoms. The molecule has 0 N–H and O–H groups in total. The van der Waals surface area contributed by atoms with Gasteiger partial charge in [-0.15, -0.1) is 0 Å². The topological polar surface area (TPSA) is 3.24 Å². The van der Waals surface area contributed by atoms with Gasteiger partial charge in [0, 0.05) is 11.9 Å². The van der Waals surface area contributed by atoms with Gasteiger partial charge in [-0.1, -0.05) is 29.3 Å². The summed E-state index contributed by atoms with van der Waals surface area (Å²) in [4.78, 5) is 2.52. The minimum Gasteiger partial charge on any atom is -0.306 e. The molecule has 0 heterocycles. The summed E-state index contributed by atoms with van der Waals surface area (Å²) < 4.78 is 0. The summed E-state index contributed by atoms with van der Waals surface area (Å²) in [7, 11) is 2.28. The average Bonchev–Trinajstić information content (AvgIpc) is 2.09. The molecule has 1 atom stereocenters. The van der Waals surface area contributed by atoms with E-state index in [1.165, 1.54) is 45.2 Å². The number of nitrogens with zero attached hydrogens (tertiary/aromatic N) is 1. The molecule has 0 aliphatic heterocycles. The lowest BCUT2D eigenvalue weighted by Crippen LogP contribution is -2.30. The summed E-state index contributed by atoms with van der Waals surface area (Å²) in [5.41, 5.74) is 0. The van der Waals surface area contributed by atoms with Gasteiger partial charge in [-0.3, -0.25) is 0 Å². The van der Waals surface area contributed by atoms with Crippen molar-refractivity contribution in [2.45, 2.75) is 39.0 Å². The van der Waals surface area contributed by atoms with Crippen LogP contribution < -0.4 is 0 Å². The zero-order chi connectivity index (χ0) is 10.4. The normalized spacial score (nSPS) is 19.7. The van der Waals surface area contributed by atoms with E-state index in [0.717, 1.165) is 17.2 Å². The number of alkyl halides is 1. The largest absolute Gasteiger partial charge is 0.306 e. The molecule has 0 amide bonds. The van der Waals surface area contributed by atoms with Gasteiger partial charge in [0.05, 0.1) is 0 Å². The first kappa shape index (κ1) is 12.5. The Balaban J connectivity index is 1.98. The molecule has 0 saturated heterocycles. The second kappa shape index (κ2) is 6.84. The van der Waals surface area contributed by atoms with Gasteiger partial charge in [0.25, 0.3) is 0 Å². The van der Waals surface area contributed by atoms with Crippen molar-refractivity contribution in [1.82, 2.24) is 4.90 Å². The third-order valence-electron chi connectivity index (χ3n) is 3.40. The Morgan fingerprint density at radius 2 is 2.07 bits per heavy atom. The maximum Gasteiger partial charge on any atom is 0.00338 e. The highest BCUT2D eigenvalue weighted by Crippen LogP contribution is 2.26. The molecule has 0 aromatic heterocycles. The Bertz CT molecular complexity index is 145. The minimum atomic E-state index is 0.873. The molecule has 1 unspecified atom stereocenters. The summed E-state index contributed by atoms with van der Waals surface area (Å²) in [6.07, 6.45) is 7.09. The first-order chi connectivity index (χ1) is 6.72. The average molecular weight is 262 g/mol. The van der Waals surface area contributed by atoms with Gasteiger partial charge in [0.2, 0.25) is 0 Å². The lowest BCUT2D eigenvalue weighted by atomic mass is 9.85. The van der Waals surface area contributed by atoms with E-state index in [1.807, 2.05) is 0 Å². The summed E-state index contributed by atoms with van der Waals surface area (Å²) in [5.74, 6) is 1.89. The van der Waals surface area contributed by atoms with E-state index < -0.39 is 0 Å². The fourth-order valence-electron chi connectivity index (χ4n) is 1.98. The van der Waals surface area contributed by atoms with Crippen LogP contribution in [0.25, 0.3) is 0 Å². The molecule has 1 aliphatic rings. The van der Waals surface area contributed by atoms with Gasteiger partial charge in [-0.2, -0.15) is 0 Å². The quantitative estimate of drug-likeness (QED) is 0.634. The molecular weight excluding hydrogens is 238 g/mol. The van der Waals surface area contributed by atoms with Gasteiger partial charge < -0.3 is 4.90 Å². The van der Waals surface area contributed by atoms with E-state index in [9.17, 15) is 0 Å². The molecule has 2 heteroatoms. The van der Waals surface area contributed by atoms with Crippen molar-refractivity contribution in [2.24, 2.45) is 11.8 Å². The first-order valence-corrected chi connectivity index (χ1v) is 7.09. The van der Waals surface area contributed by atoms with Crippen LogP contribution in [-0.4, -0.2) is 30.4 Å². The highest BCUT2D eigenvalue weighted by molar-refractivity contribution is 9.09. The van der Waals surface area contributed by atoms with Crippen LogP contribution in [0.15, 0.2) is 0 Å². The fraction of sp³-hybridized carbons (Fsp3) is 1.00. The van der Waals surface area contributed by atoms with Crippen LogP contribution in [0, 0.1) is 11.8 Å². The van der Waals surface area contributed by atoms with Crippen LogP contribution in [0.2, 0.25) is 0 Å². The second-order valence-corrected chi connectivity index (χ2v) is 5.72. The van der Waals surface area contributed by atoms with E-state index in [0.29, 0.717) is 0 Å². The highest BCUT2D eigenvalue weighted by atomic mass is 79.9. The van der Waals surface area contributed by atoms with Crippen LogP contribution >= 0.6 is 15.9 Å². The summed E-state index contributed by atoms with van der Waals surface area (Å²) in [6.45, 7) is 4.98. The summed E-state index contributed by atoms with van der Waals surface area (Å²) >= 11 is 3.50. The number of rotatable bonds is 7. The number of hydrogen-bond donors (Lipinski definition) is 0. The zero-order valence-electron chi connectivity index (χ0n) is 9.64. The molecule has 1 rings (SSSR count). The molecule has 0 bridgehead atoms. The van der Waals surface area contributed by atoms with Crippen molar-refractivity contribution < 1.29 is 0 Å². The standard InChI is InChI=1S/C12H24BrN/c1-11(6-8-13)7-9-14(2)10-12-4-3-5-12/h11-12H,3-10H2,1-2H3. The molecule has 0 aromatic carbocycles. The Morgan fingerprint density at radius 3 is 2.57 bits per heavy atom. The predicted molar refractivity (Wildman–Crippen MR) is 67.0 cm³/mol. The van der Waals surface area contributed by atoms with Gasteiger partial charge in [0.1, 0.15) is 0 Å². The van der Waals surface area contributed by atoms with Crippen molar-refractivity contribution in [2.75, 3.05) is 25.5 Å². The van der Waals surface area contributed by atoms with Gasteiger partial charge >= 0.3 is 0 Å². The van der Waals surface area contributed by atoms with Crippen LogP contribution in [0.3, 0.4) is 0 Å². The van der Waals surface area contributed by atoms with Gasteiger partial charge in [-0.25, -0.2) is 0 Å². The van der Waals surface area contributed by atoms with E-state index in [1.54, 1.807) is 0 Å². The monoisotopic (exact) mass is 261 g/mol. The summed E-state index contributed by atoms with van der Waals surface area (Å²) in [6, 6.07) is 0. The van der Waals surface area contributed by atoms with E-state index in [4.69, 9.17) is 0 Å². The van der Waals surface area contributed by atoms with E-state index in [2.05, 4.69) is 34.8 Å². The molecule has 1 saturated carbocycles. The molecule has 0 radical (unpaired) electrons. The van der Waals surface area contributed by atoms with Crippen molar-refractivity contribution >= 4 is 15.9 Å². The van der Waals surface area contributed by atoms with Crippen LogP contribution in [0.4, 0.5) is 0 Å². The van der Waals surface area contributed by atoms with Gasteiger partial charge in [-0.05, 0) is 51.1 Å². The molecular formula is C12H24BrN. The van der Waals surface area contributed by atoms with E-state index in [-0.39, 0.29) is 0 Å². The minimum absolute atomic E-state index is 0.873. The zero-order valence-corrected chi connectivity index (χ0v) is 11.2. The molecule has 1 aliphatic carbocycles.